The molecule has 0 radical (unpaired) electrons. The van der Waals surface area contributed by atoms with Crippen LogP contribution in [-0.2, 0) is 11.2 Å². The fourth-order valence-electron chi connectivity index (χ4n) is 1.89. The molecule has 3 N–H and O–H groups in total. The maximum atomic E-state index is 12.0. The first kappa shape index (κ1) is 14.8. The number of aryl methyl sites for hydroxylation is 1. The molecule has 20 heavy (non-hydrogen) atoms. The van der Waals surface area contributed by atoms with Crippen LogP contribution in [0, 0.1) is 0 Å². The second kappa shape index (κ2) is 7.22. The van der Waals surface area contributed by atoms with Gasteiger partial charge >= 0.3 is 0 Å². The second-order valence-corrected chi connectivity index (χ2v) is 5.45. The molecular formula is C16H17BrN2O. The minimum Gasteiger partial charge on any atom is -0.324 e. The van der Waals surface area contributed by atoms with Crippen LogP contribution in [0.5, 0.6) is 0 Å². The third-order valence-corrected chi connectivity index (χ3v) is 3.75. The summed E-state index contributed by atoms with van der Waals surface area (Å²) in [6.45, 7) is 0. The van der Waals surface area contributed by atoms with Crippen molar-refractivity contribution in [2.24, 2.45) is 5.73 Å². The number of halogens is 1. The SMILES string of the molecule is N[C@@H](CCc1ccccc1)C(=O)Nc1ccccc1Br. The molecule has 0 saturated carbocycles. The van der Waals surface area contributed by atoms with Crippen LogP contribution in [0.15, 0.2) is 59.1 Å². The van der Waals surface area contributed by atoms with Crippen molar-refractivity contribution in [2.45, 2.75) is 18.9 Å². The summed E-state index contributed by atoms with van der Waals surface area (Å²) in [6, 6.07) is 17.0. The Morgan fingerprint density at radius 3 is 2.45 bits per heavy atom. The molecule has 0 bridgehead atoms. The molecule has 0 aromatic heterocycles. The van der Waals surface area contributed by atoms with E-state index in [1.165, 1.54) is 5.56 Å². The zero-order valence-electron chi connectivity index (χ0n) is 11.1. The summed E-state index contributed by atoms with van der Waals surface area (Å²) in [4.78, 5) is 12.0. The van der Waals surface area contributed by atoms with Gasteiger partial charge in [0.2, 0.25) is 5.91 Å². The maximum Gasteiger partial charge on any atom is 0.241 e. The number of nitrogens with two attached hydrogens (primary N) is 1. The molecule has 0 fully saturated rings. The number of hydrogen-bond donors (Lipinski definition) is 2. The van der Waals surface area contributed by atoms with Crippen molar-refractivity contribution in [3.8, 4) is 0 Å². The third kappa shape index (κ3) is 4.18. The highest BCUT2D eigenvalue weighted by Crippen LogP contribution is 2.21. The smallest absolute Gasteiger partial charge is 0.241 e. The van der Waals surface area contributed by atoms with Crippen LogP contribution in [-0.4, -0.2) is 11.9 Å². The number of para-hydroxylation sites is 1. The minimum atomic E-state index is -0.512. The molecule has 2 aromatic rings. The van der Waals surface area contributed by atoms with Gasteiger partial charge in [-0.25, -0.2) is 0 Å². The van der Waals surface area contributed by atoms with E-state index >= 15 is 0 Å². The van der Waals surface area contributed by atoms with Crippen molar-refractivity contribution in [3.05, 3.63) is 64.6 Å². The molecule has 4 heteroatoms. The lowest BCUT2D eigenvalue weighted by atomic mass is 10.1. The molecule has 0 aliphatic rings. The lowest BCUT2D eigenvalue weighted by Gasteiger charge is -2.13. The Morgan fingerprint density at radius 1 is 1.10 bits per heavy atom. The first-order chi connectivity index (χ1) is 9.66. The highest BCUT2D eigenvalue weighted by molar-refractivity contribution is 9.10. The molecule has 2 rings (SSSR count). The average Bonchev–Trinajstić information content (AvgIpc) is 2.48. The van der Waals surface area contributed by atoms with Crippen molar-refractivity contribution in [2.75, 3.05) is 5.32 Å². The zero-order valence-corrected chi connectivity index (χ0v) is 12.6. The largest absolute Gasteiger partial charge is 0.324 e. The van der Waals surface area contributed by atoms with Gasteiger partial charge in [0.15, 0.2) is 0 Å². The van der Waals surface area contributed by atoms with Gasteiger partial charge in [0.05, 0.1) is 11.7 Å². The Bertz CT molecular complexity index is 572. The van der Waals surface area contributed by atoms with E-state index in [1.54, 1.807) is 0 Å². The number of rotatable bonds is 5. The van der Waals surface area contributed by atoms with E-state index in [9.17, 15) is 4.79 Å². The summed E-state index contributed by atoms with van der Waals surface area (Å²) >= 11 is 3.39. The molecule has 2 aromatic carbocycles. The Kier molecular flexibility index (Phi) is 5.32. The number of hydrogen-bond acceptors (Lipinski definition) is 2. The van der Waals surface area contributed by atoms with Gasteiger partial charge in [-0.1, -0.05) is 42.5 Å². The van der Waals surface area contributed by atoms with Gasteiger partial charge < -0.3 is 11.1 Å². The van der Waals surface area contributed by atoms with Crippen molar-refractivity contribution in [3.63, 3.8) is 0 Å². The van der Waals surface area contributed by atoms with Crippen LogP contribution < -0.4 is 11.1 Å². The van der Waals surface area contributed by atoms with E-state index in [2.05, 4.69) is 21.2 Å². The summed E-state index contributed by atoms with van der Waals surface area (Å²) in [5.41, 5.74) is 7.87. The van der Waals surface area contributed by atoms with E-state index in [-0.39, 0.29) is 5.91 Å². The lowest BCUT2D eigenvalue weighted by molar-refractivity contribution is -0.117. The number of benzene rings is 2. The molecule has 0 aliphatic heterocycles. The van der Waals surface area contributed by atoms with Crippen LogP contribution in [0.25, 0.3) is 0 Å². The lowest BCUT2D eigenvalue weighted by Crippen LogP contribution is -2.36. The van der Waals surface area contributed by atoms with Gasteiger partial charge in [0.25, 0.3) is 0 Å². The fraction of sp³-hybridized carbons (Fsp3) is 0.188. The number of amides is 1. The number of nitrogens with one attached hydrogen (secondary N) is 1. The summed E-state index contributed by atoms with van der Waals surface area (Å²) < 4.78 is 0.851. The van der Waals surface area contributed by atoms with Crippen molar-refractivity contribution >= 4 is 27.5 Å². The summed E-state index contributed by atoms with van der Waals surface area (Å²) in [5.74, 6) is -0.159. The number of carbonyl (C=O) groups is 1. The summed E-state index contributed by atoms with van der Waals surface area (Å²) in [5, 5.41) is 2.84. The van der Waals surface area contributed by atoms with Gasteiger partial charge in [0.1, 0.15) is 0 Å². The predicted molar refractivity (Wildman–Crippen MR) is 85.5 cm³/mol. The quantitative estimate of drug-likeness (QED) is 0.882. The van der Waals surface area contributed by atoms with Gasteiger partial charge in [-0.3, -0.25) is 4.79 Å². The topological polar surface area (TPSA) is 55.1 Å². The van der Waals surface area contributed by atoms with E-state index < -0.39 is 6.04 Å². The minimum absolute atomic E-state index is 0.159. The van der Waals surface area contributed by atoms with Crippen LogP contribution >= 0.6 is 15.9 Å². The van der Waals surface area contributed by atoms with E-state index in [0.29, 0.717) is 6.42 Å². The fourth-order valence-corrected chi connectivity index (χ4v) is 2.27. The monoisotopic (exact) mass is 332 g/mol. The molecule has 0 heterocycles. The maximum absolute atomic E-state index is 12.0. The Labute approximate surface area is 127 Å². The van der Waals surface area contributed by atoms with Gasteiger partial charge in [0, 0.05) is 4.47 Å². The van der Waals surface area contributed by atoms with E-state index in [4.69, 9.17) is 5.73 Å². The predicted octanol–water partition coefficient (Wildman–Crippen LogP) is 3.35. The molecule has 0 saturated heterocycles. The average molecular weight is 333 g/mol. The standard InChI is InChI=1S/C16H17BrN2O/c17-13-8-4-5-9-15(13)19-16(20)14(18)11-10-12-6-2-1-3-7-12/h1-9,14H,10-11,18H2,(H,19,20)/t14-/m0/s1. The summed E-state index contributed by atoms with van der Waals surface area (Å²) in [7, 11) is 0. The Morgan fingerprint density at radius 2 is 1.75 bits per heavy atom. The highest BCUT2D eigenvalue weighted by Gasteiger charge is 2.14. The van der Waals surface area contributed by atoms with Crippen molar-refractivity contribution in [1.29, 1.82) is 0 Å². The molecule has 1 atom stereocenters. The van der Waals surface area contributed by atoms with Gasteiger partial charge in [-0.2, -0.15) is 0 Å². The van der Waals surface area contributed by atoms with Crippen LogP contribution in [0.1, 0.15) is 12.0 Å². The second-order valence-electron chi connectivity index (χ2n) is 4.60. The van der Waals surface area contributed by atoms with Crippen molar-refractivity contribution in [1.82, 2.24) is 0 Å². The summed E-state index contributed by atoms with van der Waals surface area (Å²) in [6.07, 6.45) is 1.42. The highest BCUT2D eigenvalue weighted by atomic mass is 79.9. The third-order valence-electron chi connectivity index (χ3n) is 3.06. The van der Waals surface area contributed by atoms with Crippen molar-refractivity contribution < 1.29 is 4.79 Å². The first-order valence-corrected chi connectivity index (χ1v) is 7.31. The molecule has 104 valence electrons. The van der Waals surface area contributed by atoms with Gasteiger partial charge in [-0.15, -0.1) is 0 Å². The van der Waals surface area contributed by atoms with Gasteiger partial charge in [-0.05, 0) is 46.5 Å². The Hall–Kier alpha value is -1.65. The molecule has 1 amide bonds. The molecule has 0 spiro atoms. The first-order valence-electron chi connectivity index (χ1n) is 6.51. The van der Waals surface area contributed by atoms with Crippen LogP contribution in [0.4, 0.5) is 5.69 Å². The van der Waals surface area contributed by atoms with Crippen LogP contribution in [0.3, 0.4) is 0 Å². The molecule has 0 aliphatic carbocycles. The normalized spacial score (nSPS) is 11.9. The number of carbonyl (C=O) groups excluding carboxylic acids is 1. The zero-order chi connectivity index (χ0) is 14.4. The van der Waals surface area contributed by atoms with E-state index in [0.717, 1.165) is 16.6 Å². The van der Waals surface area contributed by atoms with Crippen LogP contribution in [0.2, 0.25) is 0 Å². The molecule has 0 unspecified atom stereocenters. The molecule has 3 nitrogen and oxygen atoms in total. The van der Waals surface area contributed by atoms with E-state index in [1.807, 2.05) is 54.6 Å². The molecular weight excluding hydrogens is 316 g/mol. The Balaban J connectivity index is 1.88. The number of anilines is 1.